The second-order valence-electron chi connectivity index (χ2n) is 3.06. The van der Waals surface area contributed by atoms with Crippen LogP contribution in [0.1, 0.15) is 27.2 Å². The lowest BCUT2D eigenvalue weighted by Crippen LogP contribution is -2.21. The quantitative estimate of drug-likeness (QED) is 0.540. The molecule has 3 heteroatoms. The van der Waals surface area contributed by atoms with E-state index in [1.165, 1.54) is 0 Å². The molecule has 10 heavy (non-hydrogen) atoms. The van der Waals surface area contributed by atoms with E-state index in [1.807, 2.05) is 6.92 Å². The van der Waals surface area contributed by atoms with E-state index in [4.69, 9.17) is 4.84 Å². The minimum absolute atomic E-state index is 0.0647. The van der Waals surface area contributed by atoms with Crippen LogP contribution < -0.4 is 0 Å². The van der Waals surface area contributed by atoms with Crippen LogP contribution in [-0.2, 0) is 4.84 Å². The Kier molecular flexibility index (Phi) is 2.24. The van der Waals surface area contributed by atoms with Crippen LogP contribution >= 0.6 is 11.8 Å². The second-order valence-corrected chi connectivity index (χ2v) is 4.35. The average molecular weight is 159 g/mol. The largest absolute Gasteiger partial charge is 0.389 e. The Morgan fingerprint density at radius 3 is 3.00 bits per heavy atom. The molecule has 1 aliphatic rings. The van der Waals surface area contributed by atoms with E-state index in [9.17, 15) is 0 Å². The van der Waals surface area contributed by atoms with E-state index in [2.05, 4.69) is 19.0 Å². The van der Waals surface area contributed by atoms with Crippen molar-refractivity contribution in [2.45, 2.75) is 32.8 Å². The van der Waals surface area contributed by atoms with Crippen LogP contribution in [-0.4, -0.2) is 16.4 Å². The van der Waals surface area contributed by atoms with Crippen LogP contribution in [0, 0.1) is 0 Å². The van der Waals surface area contributed by atoms with E-state index < -0.39 is 0 Å². The Hall–Kier alpha value is -0.180. The summed E-state index contributed by atoms with van der Waals surface area (Å²) in [6.07, 6.45) is 1.07. The van der Waals surface area contributed by atoms with Crippen LogP contribution in [0.25, 0.3) is 0 Å². The molecule has 2 nitrogen and oxygen atoms in total. The van der Waals surface area contributed by atoms with E-state index >= 15 is 0 Å². The molecular weight excluding hydrogens is 146 g/mol. The summed E-state index contributed by atoms with van der Waals surface area (Å²) in [4.78, 5) is 5.27. The summed E-state index contributed by atoms with van der Waals surface area (Å²) in [6, 6.07) is 0. The van der Waals surface area contributed by atoms with Gasteiger partial charge in [0.1, 0.15) is 10.6 Å². The Labute approximate surface area is 66.0 Å². The van der Waals surface area contributed by atoms with Crippen LogP contribution in [0.3, 0.4) is 0 Å². The number of rotatable bonds is 0. The van der Waals surface area contributed by atoms with Gasteiger partial charge in [-0.1, -0.05) is 5.16 Å². The SMILES string of the molecule is CC1=NOC(C)(C)CCS1. The molecule has 0 aromatic heterocycles. The fraction of sp³-hybridized carbons (Fsp3) is 0.857. The van der Waals surface area contributed by atoms with Crippen LogP contribution in [0.4, 0.5) is 0 Å². The first-order valence-corrected chi connectivity index (χ1v) is 4.44. The van der Waals surface area contributed by atoms with Gasteiger partial charge >= 0.3 is 0 Å². The molecule has 1 aliphatic heterocycles. The first-order chi connectivity index (χ1) is 4.60. The zero-order valence-electron chi connectivity index (χ0n) is 6.68. The molecule has 1 heterocycles. The monoisotopic (exact) mass is 159 g/mol. The zero-order chi connectivity index (χ0) is 7.61. The van der Waals surface area contributed by atoms with Crippen molar-refractivity contribution in [2.24, 2.45) is 5.16 Å². The molecular formula is C7H13NOS. The van der Waals surface area contributed by atoms with Crippen molar-refractivity contribution >= 4 is 16.8 Å². The number of hydrogen-bond donors (Lipinski definition) is 0. The van der Waals surface area contributed by atoms with Gasteiger partial charge in [-0.2, -0.15) is 0 Å². The molecule has 0 saturated heterocycles. The highest BCUT2D eigenvalue weighted by atomic mass is 32.2. The number of hydrogen-bond acceptors (Lipinski definition) is 3. The maximum Gasteiger partial charge on any atom is 0.133 e. The smallest absolute Gasteiger partial charge is 0.133 e. The Morgan fingerprint density at radius 2 is 2.30 bits per heavy atom. The number of thioether (sulfide) groups is 1. The standard InChI is InChI=1S/C7H13NOS/c1-6-8-9-7(2,3)4-5-10-6/h4-5H2,1-3H3. The predicted octanol–water partition coefficient (Wildman–Crippen LogP) is 2.25. The first-order valence-electron chi connectivity index (χ1n) is 3.46. The molecule has 0 amide bonds. The van der Waals surface area contributed by atoms with Gasteiger partial charge in [-0.25, -0.2) is 0 Å². The lowest BCUT2D eigenvalue weighted by Gasteiger charge is -2.18. The number of oxime groups is 1. The molecule has 0 aromatic carbocycles. The third kappa shape index (κ3) is 2.21. The lowest BCUT2D eigenvalue weighted by atomic mass is 10.1. The normalized spacial score (nSPS) is 24.5. The molecule has 0 unspecified atom stereocenters. The maximum absolute atomic E-state index is 5.27. The summed E-state index contributed by atoms with van der Waals surface area (Å²) in [5, 5.41) is 4.99. The molecule has 0 atom stereocenters. The van der Waals surface area contributed by atoms with Gasteiger partial charge in [0, 0.05) is 5.75 Å². The third-order valence-electron chi connectivity index (χ3n) is 1.44. The molecule has 0 saturated carbocycles. The Morgan fingerprint density at radius 1 is 1.60 bits per heavy atom. The summed E-state index contributed by atoms with van der Waals surface area (Å²) >= 11 is 1.77. The summed E-state index contributed by atoms with van der Waals surface area (Å²) < 4.78 is 0. The minimum Gasteiger partial charge on any atom is -0.389 e. The summed E-state index contributed by atoms with van der Waals surface area (Å²) in [6.45, 7) is 6.11. The van der Waals surface area contributed by atoms with Gasteiger partial charge < -0.3 is 4.84 Å². The second kappa shape index (κ2) is 2.82. The van der Waals surface area contributed by atoms with Crippen LogP contribution in [0.15, 0.2) is 5.16 Å². The molecule has 0 spiro atoms. The minimum atomic E-state index is -0.0647. The van der Waals surface area contributed by atoms with E-state index in [-0.39, 0.29) is 5.60 Å². The fourth-order valence-electron chi connectivity index (χ4n) is 0.704. The zero-order valence-corrected chi connectivity index (χ0v) is 7.49. The topological polar surface area (TPSA) is 21.6 Å². The molecule has 0 radical (unpaired) electrons. The first kappa shape index (κ1) is 7.92. The van der Waals surface area contributed by atoms with E-state index in [0.717, 1.165) is 17.2 Å². The van der Waals surface area contributed by atoms with Crippen molar-refractivity contribution in [1.82, 2.24) is 0 Å². The highest BCUT2D eigenvalue weighted by Gasteiger charge is 2.21. The number of nitrogens with zero attached hydrogens (tertiary/aromatic N) is 1. The van der Waals surface area contributed by atoms with Crippen molar-refractivity contribution in [2.75, 3.05) is 5.75 Å². The highest BCUT2D eigenvalue weighted by Crippen LogP contribution is 2.22. The third-order valence-corrected chi connectivity index (χ3v) is 2.34. The van der Waals surface area contributed by atoms with Gasteiger partial charge in [0.2, 0.25) is 0 Å². The molecule has 1 rings (SSSR count). The van der Waals surface area contributed by atoms with Crippen molar-refractivity contribution in [1.29, 1.82) is 0 Å². The van der Waals surface area contributed by atoms with Crippen molar-refractivity contribution in [3.8, 4) is 0 Å². The van der Waals surface area contributed by atoms with Gasteiger partial charge in [-0.05, 0) is 27.2 Å². The average Bonchev–Trinajstić information content (AvgIpc) is 1.94. The molecule has 0 bridgehead atoms. The lowest BCUT2D eigenvalue weighted by molar-refractivity contribution is -0.0143. The van der Waals surface area contributed by atoms with Crippen LogP contribution in [0.2, 0.25) is 0 Å². The Bertz CT molecular complexity index is 154. The molecule has 0 fully saturated rings. The van der Waals surface area contributed by atoms with Gasteiger partial charge in [0.05, 0.1) is 0 Å². The van der Waals surface area contributed by atoms with Gasteiger partial charge in [-0.15, -0.1) is 11.8 Å². The van der Waals surface area contributed by atoms with E-state index in [1.54, 1.807) is 11.8 Å². The molecule has 0 aliphatic carbocycles. The molecule has 0 N–H and O–H groups in total. The maximum atomic E-state index is 5.27. The van der Waals surface area contributed by atoms with Gasteiger partial charge in [0.25, 0.3) is 0 Å². The predicted molar refractivity (Wildman–Crippen MR) is 45.3 cm³/mol. The molecule has 0 aromatic rings. The Balaban J connectivity index is 2.57. The van der Waals surface area contributed by atoms with Crippen molar-refractivity contribution in [3.05, 3.63) is 0 Å². The van der Waals surface area contributed by atoms with Crippen molar-refractivity contribution < 1.29 is 4.84 Å². The summed E-state index contributed by atoms with van der Waals surface area (Å²) in [5.74, 6) is 1.11. The van der Waals surface area contributed by atoms with E-state index in [0.29, 0.717) is 0 Å². The van der Waals surface area contributed by atoms with Gasteiger partial charge in [-0.3, -0.25) is 0 Å². The fourth-order valence-corrected chi connectivity index (χ4v) is 1.68. The summed E-state index contributed by atoms with van der Waals surface area (Å²) in [7, 11) is 0. The highest BCUT2D eigenvalue weighted by molar-refractivity contribution is 8.13. The molecule has 58 valence electrons. The van der Waals surface area contributed by atoms with Crippen molar-refractivity contribution in [3.63, 3.8) is 0 Å². The summed E-state index contributed by atoms with van der Waals surface area (Å²) in [5.41, 5.74) is -0.0647. The van der Waals surface area contributed by atoms with Gasteiger partial charge in [0.15, 0.2) is 0 Å². The van der Waals surface area contributed by atoms with Crippen LogP contribution in [0.5, 0.6) is 0 Å².